The van der Waals surface area contributed by atoms with E-state index in [1.807, 2.05) is 6.07 Å². The zero-order chi connectivity index (χ0) is 9.31. The number of carbonyl (C=O) groups is 1. The number of carbonyl (C=O) groups excluding carboxylic acids is 1. The Morgan fingerprint density at radius 3 is 3.00 bits per heavy atom. The molecule has 0 saturated carbocycles. The normalized spacial score (nSPS) is 28.5. The highest BCUT2D eigenvalue weighted by atomic mass is 32.1. The van der Waals surface area contributed by atoms with Crippen molar-refractivity contribution in [3.63, 3.8) is 0 Å². The molecule has 0 spiro atoms. The Balaban J connectivity index is 2.18. The van der Waals surface area contributed by atoms with Crippen LogP contribution in [0.5, 0.6) is 0 Å². The van der Waals surface area contributed by atoms with E-state index in [-0.39, 0.29) is 11.4 Å². The molecule has 1 aliphatic rings. The topological polar surface area (TPSA) is 41.1 Å². The van der Waals surface area contributed by atoms with Gasteiger partial charge in [-0.2, -0.15) is 0 Å². The predicted octanol–water partition coefficient (Wildman–Crippen LogP) is 0.683. The van der Waals surface area contributed by atoms with E-state index in [4.69, 9.17) is 0 Å². The fourth-order valence-electron chi connectivity index (χ4n) is 1.44. The van der Waals surface area contributed by atoms with Gasteiger partial charge in [0.25, 0.3) is 0 Å². The highest BCUT2D eigenvalue weighted by Gasteiger charge is 2.31. The molecule has 2 rings (SSSR count). The van der Waals surface area contributed by atoms with Crippen LogP contribution in [0.2, 0.25) is 0 Å². The number of amides is 1. The Kier molecular flexibility index (Phi) is 2.09. The molecule has 4 heteroatoms. The van der Waals surface area contributed by atoms with E-state index in [0.717, 1.165) is 0 Å². The summed E-state index contributed by atoms with van der Waals surface area (Å²) in [6, 6.07) is 4.12. The van der Waals surface area contributed by atoms with Crippen LogP contribution < -0.4 is 10.6 Å². The minimum Gasteiger partial charge on any atom is -0.353 e. The molecule has 1 unspecified atom stereocenters. The molecule has 1 amide bonds. The first kappa shape index (κ1) is 8.72. The Hall–Kier alpha value is -0.870. The summed E-state index contributed by atoms with van der Waals surface area (Å²) in [6.45, 7) is 3.19. The van der Waals surface area contributed by atoms with E-state index in [9.17, 15) is 4.79 Å². The largest absolute Gasteiger partial charge is 0.353 e. The summed E-state index contributed by atoms with van der Waals surface area (Å²) in [5.41, 5.74) is -0.0813. The molecule has 3 nitrogen and oxygen atoms in total. The molecule has 0 aromatic carbocycles. The maximum Gasteiger partial charge on any atom is 0.234 e. The van der Waals surface area contributed by atoms with E-state index < -0.39 is 0 Å². The lowest BCUT2D eigenvalue weighted by molar-refractivity contribution is -0.122. The second-order valence-corrected chi connectivity index (χ2v) is 4.39. The van der Waals surface area contributed by atoms with Gasteiger partial charge >= 0.3 is 0 Å². The van der Waals surface area contributed by atoms with E-state index >= 15 is 0 Å². The third kappa shape index (κ3) is 1.59. The van der Waals surface area contributed by atoms with Crippen LogP contribution >= 0.6 is 11.3 Å². The zero-order valence-electron chi connectivity index (χ0n) is 7.46. The fourth-order valence-corrected chi connectivity index (χ4v) is 2.31. The van der Waals surface area contributed by atoms with Crippen molar-refractivity contribution in [1.29, 1.82) is 0 Å². The zero-order valence-corrected chi connectivity index (χ0v) is 8.28. The lowest BCUT2D eigenvalue weighted by atomic mass is 9.98. The van der Waals surface area contributed by atoms with Crippen LogP contribution in [0.15, 0.2) is 17.5 Å². The Bertz CT molecular complexity index is 297. The smallest absolute Gasteiger partial charge is 0.234 e. The predicted molar refractivity (Wildman–Crippen MR) is 52.7 cm³/mol. The number of nitrogens with one attached hydrogen (secondary N) is 2. The van der Waals surface area contributed by atoms with Gasteiger partial charge in [0.05, 0.1) is 12.1 Å². The molecule has 1 saturated heterocycles. The average molecular weight is 196 g/mol. The van der Waals surface area contributed by atoms with E-state index in [2.05, 4.69) is 29.0 Å². The first-order valence-corrected chi connectivity index (χ1v) is 5.14. The van der Waals surface area contributed by atoms with Crippen molar-refractivity contribution in [2.24, 2.45) is 0 Å². The van der Waals surface area contributed by atoms with Crippen LogP contribution in [0, 0.1) is 0 Å². The number of thiophene rings is 1. The number of hydrogen-bond acceptors (Lipinski definition) is 3. The fraction of sp³-hybridized carbons (Fsp3) is 0.444. The number of rotatable bonds is 1. The monoisotopic (exact) mass is 196 g/mol. The molecule has 1 aromatic heterocycles. The lowest BCUT2D eigenvalue weighted by Crippen LogP contribution is -2.57. The molecule has 70 valence electrons. The minimum atomic E-state index is -0.0813. The molecular weight excluding hydrogens is 184 g/mol. The van der Waals surface area contributed by atoms with Crippen molar-refractivity contribution < 1.29 is 4.79 Å². The quantitative estimate of drug-likeness (QED) is 0.693. The van der Waals surface area contributed by atoms with Gasteiger partial charge in [0.2, 0.25) is 5.91 Å². The third-order valence-corrected chi connectivity index (χ3v) is 3.48. The molecule has 13 heavy (non-hydrogen) atoms. The van der Waals surface area contributed by atoms with Gasteiger partial charge in [-0.3, -0.25) is 10.1 Å². The lowest BCUT2D eigenvalue weighted by Gasteiger charge is -2.34. The Morgan fingerprint density at radius 2 is 2.46 bits per heavy atom. The van der Waals surface area contributed by atoms with E-state index in [1.54, 1.807) is 11.3 Å². The second kappa shape index (κ2) is 3.12. The molecular formula is C9H12N2OS. The van der Waals surface area contributed by atoms with Gasteiger partial charge < -0.3 is 5.32 Å². The van der Waals surface area contributed by atoms with Crippen molar-refractivity contribution in [2.45, 2.75) is 12.5 Å². The van der Waals surface area contributed by atoms with Crippen LogP contribution in [-0.2, 0) is 10.3 Å². The summed E-state index contributed by atoms with van der Waals surface area (Å²) < 4.78 is 0. The summed E-state index contributed by atoms with van der Waals surface area (Å²) in [4.78, 5) is 12.2. The summed E-state index contributed by atoms with van der Waals surface area (Å²) in [7, 11) is 0. The molecule has 1 aromatic rings. The SMILES string of the molecule is CC1(c2cccs2)CNC(=O)CN1. The van der Waals surface area contributed by atoms with Gasteiger partial charge in [-0.05, 0) is 18.4 Å². The average Bonchev–Trinajstić information content (AvgIpc) is 2.63. The standard InChI is InChI=1S/C9H12N2OS/c1-9(7-3-2-4-13-7)6-10-8(12)5-11-9/h2-4,11H,5-6H2,1H3,(H,10,12). The van der Waals surface area contributed by atoms with Crippen molar-refractivity contribution in [3.8, 4) is 0 Å². The van der Waals surface area contributed by atoms with E-state index in [1.165, 1.54) is 4.88 Å². The maximum absolute atomic E-state index is 11.0. The van der Waals surface area contributed by atoms with Crippen LogP contribution in [0.25, 0.3) is 0 Å². The molecule has 0 bridgehead atoms. The summed E-state index contributed by atoms with van der Waals surface area (Å²) in [6.07, 6.45) is 0. The van der Waals surface area contributed by atoms with Crippen LogP contribution in [-0.4, -0.2) is 19.0 Å². The van der Waals surface area contributed by atoms with Crippen molar-refractivity contribution >= 4 is 17.2 Å². The highest BCUT2D eigenvalue weighted by molar-refractivity contribution is 7.10. The minimum absolute atomic E-state index is 0.0778. The molecule has 0 aliphatic carbocycles. The van der Waals surface area contributed by atoms with Gasteiger partial charge in [-0.15, -0.1) is 11.3 Å². The van der Waals surface area contributed by atoms with Crippen molar-refractivity contribution in [1.82, 2.24) is 10.6 Å². The summed E-state index contributed by atoms with van der Waals surface area (Å²) >= 11 is 1.72. The summed E-state index contributed by atoms with van der Waals surface area (Å²) in [5.74, 6) is 0.0778. The first-order chi connectivity index (χ1) is 6.21. The van der Waals surface area contributed by atoms with Crippen LogP contribution in [0.1, 0.15) is 11.8 Å². The number of hydrogen-bond donors (Lipinski definition) is 2. The molecule has 2 N–H and O–H groups in total. The Morgan fingerprint density at radius 1 is 1.62 bits per heavy atom. The highest BCUT2D eigenvalue weighted by Crippen LogP contribution is 2.25. The molecule has 1 atom stereocenters. The molecule has 0 radical (unpaired) electrons. The van der Waals surface area contributed by atoms with Gasteiger partial charge in [0.15, 0.2) is 0 Å². The van der Waals surface area contributed by atoms with Gasteiger partial charge in [-0.1, -0.05) is 6.07 Å². The molecule has 1 fully saturated rings. The number of piperazine rings is 1. The molecule has 2 heterocycles. The van der Waals surface area contributed by atoms with Gasteiger partial charge in [0, 0.05) is 11.4 Å². The van der Waals surface area contributed by atoms with Crippen molar-refractivity contribution in [3.05, 3.63) is 22.4 Å². The summed E-state index contributed by atoms with van der Waals surface area (Å²) in [5, 5.41) is 8.17. The molecule has 1 aliphatic heterocycles. The first-order valence-electron chi connectivity index (χ1n) is 4.26. The van der Waals surface area contributed by atoms with Gasteiger partial charge in [0.1, 0.15) is 0 Å². The van der Waals surface area contributed by atoms with Crippen LogP contribution in [0.4, 0.5) is 0 Å². The second-order valence-electron chi connectivity index (χ2n) is 3.44. The third-order valence-electron chi connectivity index (χ3n) is 2.34. The van der Waals surface area contributed by atoms with Crippen molar-refractivity contribution in [2.75, 3.05) is 13.1 Å². The van der Waals surface area contributed by atoms with Crippen LogP contribution in [0.3, 0.4) is 0 Å². The van der Waals surface area contributed by atoms with Gasteiger partial charge in [-0.25, -0.2) is 0 Å². The maximum atomic E-state index is 11.0. The Labute approximate surface area is 81.2 Å². The van der Waals surface area contributed by atoms with E-state index in [0.29, 0.717) is 13.1 Å².